The first-order chi connectivity index (χ1) is 9.08. The van der Waals surface area contributed by atoms with Crippen molar-refractivity contribution in [1.82, 2.24) is 5.32 Å². The van der Waals surface area contributed by atoms with Gasteiger partial charge in [-0.1, -0.05) is 17.7 Å². The van der Waals surface area contributed by atoms with Crippen LogP contribution >= 0.6 is 0 Å². The Balaban J connectivity index is 2.06. The Labute approximate surface area is 111 Å². The number of hydrogen-bond donors (Lipinski definition) is 1. The molecule has 0 bridgehead atoms. The van der Waals surface area contributed by atoms with Crippen molar-refractivity contribution in [3.8, 4) is 0 Å². The van der Waals surface area contributed by atoms with Crippen molar-refractivity contribution in [3.05, 3.63) is 59.0 Å². The highest BCUT2D eigenvalue weighted by Crippen LogP contribution is 2.11. The molecule has 4 nitrogen and oxygen atoms in total. The number of hydrogen-bond acceptors (Lipinski definition) is 3. The van der Waals surface area contributed by atoms with Crippen molar-refractivity contribution < 1.29 is 14.0 Å². The lowest BCUT2D eigenvalue weighted by Crippen LogP contribution is -2.30. The highest BCUT2D eigenvalue weighted by Gasteiger charge is 2.18. The van der Waals surface area contributed by atoms with Gasteiger partial charge in [-0.15, -0.1) is 0 Å². The Hall–Kier alpha value is -2.36. The first-order valence-electron chi connectivity index (χ1n) is 6.00. The van der Waals surface area contributed by atoms with E-state index in [9.17, 15) is 9.59 Å². The maximum Gasteiger partial charge on any atom is 0.292 e. The number of carbonyl (C=O) groups excluding carboxylic acids is 2. The van der Waals surface area contributed by atoms with E-state index >= 15 is 0 Å². The van der Waals surface area contributed by atoms with E-state index in [1.165, 1.54) is 6.26 Å². The Bertz CT molecular complexity index is 600. The first kappa shape index (κ1) is 13.1. The van der Waals surface area contributed by atoms with Crippen LogP contribution in [-0.2, 0) is 11.3 Å². The summed E-state index contributed by atoms with van der Waals surface area (Å²) in [5.74, 6) is -0.528. The molecule has 0 aliphatic rings. The van der Waals surface area contributed by atoms with Gasteiger partial charge in [0.05, 0.1) is 12.8 Å². The van der Waals surface area contributed by atoms with Crippen molar-refractivity contribution in [2.75, 3.05) is 0 Å². The highest BCUT2D eigenvalue weighted by molar-refractivity contribution is 6.43. The van der Waals surface area contributed by atoms with Crippen LogP contribution in [0.3, 0.4) is 0 Å². The molecule has 0 fully saturated rings. The second-order valence-corrected chi connectivity index (χ2v) is 4.41. The van der Waals surface area contributed by atoms with Crippen LogP contribution in [0.15, 0.2) is 41.0 Å². The normalized spacial score (nSPS) is 10.2. The topological polar surface area (TPSA) is 59.3 Å². The SMILES string of the molecule is Cc1ccc(C)c(C(=O)C(=O)NCc2ccco2)c1. The Kier molecular flexibility index (Phi) is 3.80. The number of ketones is 1. The van der Waals surface area contributed by atoms with Gasteiger partial charge < -0.3 is 9.73 Å². The third kappa shape index (κ3) is 3.10. The summed E-state index contributed by atoms with van der Waals surface area (Å²) in [7, 11) is 0. The molecular formula is C15H15NO3. The van der Waals surface area contributed by atoms with E-state index in [1.807, 2.05) is 26.0 Å². The molecule has 0 atom stereocenters. The molecule has 1 amide bonds. The van der Waals surface area contributed by atoms with Crippen LogP contribution in [0.2, 0.25) is 0 Å². The van der Waals surface area contributed by atoms with Crippen LogP contribution in [0.1, 0.15) is 27.2 Å². The summed E-state index contributed by atoms with van der Waals surface area (Å²) in [5, 5.41) is 2.55. The molecule has 0 unspecified atom stereocenters. The summed E-state index contributed by atoms with van der Waals surface area (Å²) >= 11 is 0. The summed E-state index contributed by atoms with van der Waals surface area (Å²) in [6.45, 7) is 3.91. The number of nitrogens with one attached hydrogen (secondary N) is 1. The lowest BCUT2D eigenvalue weighted by molar-refractivity contribution is -0.117. The zero-order valence-electron chi connectivity index (χ0n) is 10.9. The molecule has 0 saturated heterocycles. The molecule has 1 aromatic heterocycles. The first-order valence-corrected chi connectivity index (χ1v) is 6.00. The van der Waals surface area contributed by atoms with Gasteiger partial charge in [0.2, 0.25) is 5.78 Å². The molecule has 0 aliphatic carbocycles. The lowest BCUT2D eigenvalue weighted by atomic mass is 10.0. The fourth-order valence-corrected chi connectivity index (χ4v) is 1.76. The van der Waals surface area contributed by atoms with Crippen LogP contribution in [-0.4, -0.2) is 11.7 Å². The largest absolute Gasteiger partial charge is 0.467 e. The van der Waals surface area contributed by atoms with Gasteiger partial charge >= 0.3 is 0 Å². The fraction of sp³-hybridized carbons (Fsp3) is 0.200. The quantitative estimate of drug-likeness (QED) is 0.675. The average molecular weight is 257 g/mol. The summed E-state index contributed by atoms with van der Waals surface area (Å²) in [6.07, 6.45) is 1.52. The molecule has 4 heteroatoms. The number of benzene rings is 1. The van der Waals surface area contributed by atoms with Crippen molar-refractivity contribution in [2.45, 2.75) is 20.4 Å². The Morgan fingerprint density at radius 2 is 2.00 bits per heavy atom. The molecule has 98 valence electrons. The van der Waals surface area contributed by atoms with E-state index in [0.29, 0.717) is 11.3 Å². The van der Waals surface area contributed by atoms with E-state index in [-0.39, 0.29) is 6.54 Å². The van der Waals surface area contributed by atoms with E-state index < -0.39 is 11.7 Å². The number of carbonyl (C=O) groups is 2. The third-order valence-electron chi connectivity index (χ3n) is 2.85. The maximum absolute atomic E-state index is 12.0. The Morgan fingerprint density at radius 1 is 1.21 bits per heavy atom. The fourth-order valence-electron chi connectivity index (χ4n) is 1.76. The smallest absolute Gasteiger partial charge is 0.292 e. The van der Waals surface area contributed by atoms with Gasteiger partial charge in [-0.3, -0.25) is 9.59 Å². The van der Waals surface area contributed by atoms with E-state index in [4.69, 9.17) is 4.42 Å². The third-order valence-corrected chi connectivity index (χ3v) is 2.85. The van der Waals surface area contributed by atoms with Gasteiger partial charge in [0, 0.05) is 5.56 Å². The summed E-state index contributed by atoms with van der Waals surface area (Å²) in [5.41, 5.74) is 2.19. The van der Waals surface area contributed by atoms with E-state index in [0.717, 1.165) is 11.1 Å². The van der Waals surface area contributed by atoms with Gasteiger partial charge in [0.15, 0.2) is 0 Å². The molecule has 1 heterocycles. The number of rotatable bonds is 4. The van der Waals surface area contributed by atoms with Crippen molar-refractivity contribution in [2.24, 2.45) is 0 Å². The summed E-state index contributed by atoms with van der Waals surface area (Å²) < 4.78 is 5.09. The number of furan rings is 1. The molecular weight excluding hydrogens is 242 g/mol. The summed E-state index contributed by atoms with van der Waals surface area (Å²) in [4.78, 5) is 23.8. The van der Waals surface area contributed by atoms with Gasteiger partial charge in [0.1, 0.15) is 5.76 Å². The zero-order valence-corrected chi connectivity index (χ0v) is 10.9. The van der Waals surface area contributed by atoms with Crippen molar-refractivity contribution in [1.29, 1.82) is 0 Å². The minimum atomic E-state index is -0.620. The number of Topliss-reactive ketones (excluding diaryl/α,β-unsaturated/α-hetero) is 1. The molecule has 0 aliphatic heterocycles. The Morgan fingerprint density at radius 3 is 2.68 bits per heavy atom. The molecule has 0 saturated carbocycles. The molecule has 0 radical (unpaired) electrons. The maximum atomic E-state index is 12.0. The number of amides is 1. The van der Waals surface area contributed by atoms with Crippen LogP contribution in [0.5, 0.6) is 0 Å². The van der Waals surface area contributed by atoms with Crippen LogP contribution in [0.25, 0.3) is 0 Å². The zero-order chi connectivity index (χ0) is 13.8. The second-order valence-electron chi connectivity index (χ2n) is 4.41. The minimum absolute atomic E-state index is 0.211. The predicted octanol–water partition coefficient (Wildman–Crippen LogP) is 2.40. The second kappa shape index (κ2) is 5.52. The van der Waals surface area contributed by atoms with Crippen LogP contribution < -0.4 is 5.32 Å². The van der Waals surface area contributed by atoms with E-state index in [2.05, 4.69) is 5.32 Å². The van der Waals surface area contributed by atoms with Gasteiger partial charge in [-0.25, -0.2) is 0 Å². The molecule has 2 aromatic rings. The average Bonchev–Trinajstić information content (AvgIpc) is 2.91. The molecule has 1 aromatic carbocycles. The standard InChI is InChI=1S/C15H15NO3/c1-10-5-6-11(2)13(8-10)14(17)15(18)16-9-12-4-3-7-19-12/h3-8H,9H2,1-2H3,(H,16,18). The van der Waals surface area contributed by atoms with E-state index in [1.54, 1.807) is 18.2 Å². The van der Waals surface area contributed by atoms with Gasteiger partial charge in [0.25, 0.3) is 5.91 Å². The van der Waals surface area contributed by atoms with Gasteiger partial charge in [-0.05, 0) is 37.6 Å². The van der Waals surface area contributed by atoms with Crippen molar-refractivity contribution >= 4 is 11.7 Å². The number of aryl methyl sites for hydroxylation is 2. The van der Waals surface area contributed by atoms with Gasteiger partial charge in [-0.2, -0.15) is 0 Å². The molecule has 19 heavy (non-hydrogen) atoms. The minimum Gasteiger partial charge on any atom is -0.467 e. The predicted molar refractivity (Wildman–Crippen MR) is 70.8 cm³/mol. The highest BCUT2D eigenvalue weighted by atomic mass is 16.3. The lowest BCUT2D eigenvalue weighted by Gasteiger charge is -2.06. The molecule has 0 spiro atoms. The van der Waals surface area contributed by atoms with Crippen LogP contribution in [0, 0.1) is 13.8 Å². The van der Waals surface area contributed by atoms with Crippen molar-refractivity contribution in [3.63, 3.8) is 0 Å². The molecule has 2 rings (SSSR count). The summed E-state index contributed by atoms with van der Waals surface area (Å²) in [6, 6.07) is 8.94. The monoisotopic (exact) mass is 257 g/mol. The van der Waals surface area contributed by atoms with Crippen LogP contribution in [0.4, 0.5) is 0 Å². The molecule has 1 N–H and O–H groups in total.